The lowest BCUT2D eigenvalue weighted by atomic mass is 9.63. The summed E-state index contributed by atoms with van der Waals surface area (Å²) in [6.45, 7) is 8.12. The zero-order valence-electron chi connectivity index (χ0n) is 14.3. The van der Waals surface area contributed by atoms with E-state index in [4.69, 9.17) is 4.74 Å². The Morgan fingerprint density at radius 2 is 1.91 bits per heavy atom. The van der Waals surface area contributed by atoms with E-state index in [1.807, 2.05) is 13.8 Å². The lowest BCUT2D eigenvalue weighted by Crippen LogP contribution is -2.52. The number of rotatable bonds is 6. The molecular formula is C17H27NO4. The van der Waals surface area contributed by atoms with Crippen LogP contribution in [-0.4, -0.2) is 36.9 Å². The van der Waals surface area contributed by atoms with Crippen molar-refractivity contribution in [2.45, 2.75) is 53.4 Å². The fourth-order valence-corrected chi connectivity index (χ4v) is 3.09. The molecule has 1 saturated carbocycles. The van der Waals surface area contributed by atoms with Gasteiger partial charge in [0.25, 0.3) is 0 Å². The van der Waals surface area contributed by atoms with Crippen LogP contribution >= 0.6 is 0 Å². The van der Waals surface area contributed by atoms with Crippen LogP contribution in [0.5, 0.6) is 0 Å². The van der Waals surface area contributed by atoms with E-state index in [9.17, 15) is 14.4 Å². The van der Waals surface area contributed by atoms with Crippen LogP contribution in [0.3, 0.4) is 0 Å². The molecule has 5 heteroatoms. The van der Waals surface area contributed by atoms with Crippen molar-refractivity contribution in [2.24, 2.45) is 22.2 Å². The van der Waals surface area contributed by atoms with Crippen molar-refractivity contribution < 1.29 is 19.1 Å². The van der Waals surface area contributed by atoms with Gasteiger partial charge in [-0.25, -0.2) is 0 Å². The average molecular weight is 309 g/mol. The molecule has 0 aromatic rings. The Balaban J connectivity index is 3.21. The number of carbonyl (C=O) groups is 3. The van der Waals surface area contributed by atoms with Gasteiger partial charge in [-0.2, -0.15) is 0 Å². The molecule has 124 valence electrons. The second-order valence-corrected chi connectivity index (χ2v) is 6.55. The monoisotopic (exact) mass is 309 g/mol. The van der Waals surface area contributed by atoms with Crippen molar-refractivity contribution in [2.75, 3.05) is 13.7 Å². The van der Waals surface area contributed by atoms with Gasteiger partial charge in [0, 0.05) is 18.7 Å². The predicted molar refractivity (Wildman–Crippen MR) is 84.9 cm³/mol. The summed E-state index contributed by atoms with van der Waals surface area (Å²) in [4.78, 5) is 41.8. The summed E-state index contributed by atoms with van der Waals surface area (Å²) >= 11 is 0. The first kappa shape index (κ1) is 18.5. The zero-order valence-corrected chi connectivity index (χ0v) is 14.3. The number of hydrogen-bond donors (Lipinski definition) is 0. The number of carbonyl (C=O) groups excluding carboxylic acids is 3. The van der Waals surface area contributed by atoms with E-state index in [1.54, 1.807) is 13.8 Å². The molecule has 22 heavy (non-hydrogen) atoms. The molecule has 0 aliphatic heterocycles. The standard InChI is InChI=1S/C17H27NO4/c1-6-8-11(18-9-7-2)13-12(19)10-17(3,4)14(15(13)20)16(21)22-5/h13-14H,6-10H2,1-5H3/t13?,14-/m0/s1. The van der Waals surface area contributed by atoms with Crippen LogP contribution in [0.15, 0.2) is 4.99 Å². The highest BCUT2D eigenvalue weighted by Crippen LogP contribution is 2.40. The van der Waals surface area contributed by atoms with Crippen molar-refractivity contribution in [1.29, 1.82) is 0 Å². The third-order valence-electron chi connectivity index (χ3n) is 4.12. The fraction of sp³-hybridized carbons (Fsp3) is 0.765. The number of nitrogens with zero attached hydrogens (tertiary/aromatic N) is 1. The molecule has 5 nitrogen and oxygen atoms in total. The van der Waals surface area contributed by atoms with Gasteiger partial charge in [-0.1, -0.05) is 34.1 Å². The SMILES string of the molecule is CCCN=C(CCC)C1C(=O)CC(C)(C)[C@H](C(=O)OC)C1=O. The van der Waals surface area contributed by atoms with Gasteiger partial charge in [-0.15, -0.1) is 0 Å². The van der Waals surface area contributed by atoms with E-state index in [1.165, 1.54) is 7.11 Å². The normalized spacial score (nSPS) is 25.2. The van der Waals surface area contributed by atoms with Crippen LogP contribution in [0.25, 0.3) is 0 Å². The molecule has 1 aliphatic carbocycles. The summed E-state index contributed by atoms with van der Waals surface area (Å²) in [5.74, 6) is -2.80. The summed E-state index contributed by atoms with van der Waals surface area (Å²) in [6.07, 6.45) is 2.47. The van der Waals surface area contributed by atoms with Crippen LogP contribution in [0.4, 0.5) is 0 Å². The molecule has 0 aromatic carbocycles. The predicted octanol–water partition coefficient (Wildman–Crippen LogP) is 2.61. The van der Waals surface area contributed by atoms with Crippen LogP contribution < -0.4 is 0 Å². The Bertz CT molecular complexity index is 479. The number of aliphatic imine (C=N–C) groups is 1. The van der Waals surface area contributed by atoms with E-state index >= 15 is 0 Å². The number of ether oxygens (including phenoxy) is 1. The number of methoxy groups -OCH3 is 1. The van der Waals surface area contributed by atoms with Gasteiger partial charge >= 0.3 is 5.97 Å². The van der Waals surface area contributed by atoms with E-state index in [-0.39, 0.29) is 18.0 Å². The topological polar surface area (TPSA) is 72.8 Å². The second-order valence-electron chi connectivity index (χ2n) is 6.55. The summed E-state index contributed by atoms with van der Waals surface area (Å²) in [6, 6.07) is 0. The molecule has 1 rings (SSSR count). The second kappa shape index (κ2) is 7.65. The molecule has 0 spiro atoms. The molecule has 1 aliphatic rings. The first-order valence-corrected chi connectivity index (χ1v) is 7.97. The van der Waals surface area contributed by atoms with Crippen molar-refractivity contribution >= 4 is 23.2 Å². The summed E-state index contributed by atoms with van der Waals surface area (Å²) in [5.41, 5.74) is -0.0800. The molecule has 0 saturated heterocycles. The van der Waals surface area contributed by atoms with E-state index in [0.717, 1.165) is 12.8 Å². The Kier molecular flexibility index (Phi) is 6.45. The summed E-state index contributed by atoms with van der Waals surface area (Å²) < 4.78 is 4.79. The molecule has 0 heterocycles. The fourth-order valence-electron chi connectivity index (χ4n) is 3.09. The van der Waals surface area contributed by atoms with Gasteiger partial charge in [0.2, 0.25) is 0 Å². The van der Waals surface area contributed by atoms with Gasteiger partial charge in [0.15, 0.2) is 5.78 Å². The maximum atomic E-state index is 12.8. The first-order chi connectivity index (χ1) is 10.3. The van der Waals surface area contributed by atoms with Crippen molar-refractivity contribution in [3.05, 3.63) is 0 Å². The Labute approximate surface area is 132 Å². The van der Waals surface area contributed by atoms with Crippen LogP contribution in [-0.2, 0) is 19.1 Å². The number of hydrogen-bond acceptors (Lipinski definition) is 5. The third kappa shape index (κ3) is 3.81. The van der Waals surface area contributed by atoms with Gasteiger partial charge in [-0.3, -0.25) is 19.4 Å². The average Bonchev–Trinajstić information content (AvgIpc) is 2.42. The van der Waals surface area contributed by atoms with E-state index in [2.05, 4.69) is 4.99 Å². The van der Waals surface area contributed by atoms with Crippen LogP contribution in [0.1, 0.15) is 53.4 Å². The lowest BCUT2D eigenvalue weighted by molar-refractivity contribution is -0.159. The van der Waals surface area contributed by atoms with Crippen molar-refractivity contribution in [3.63, 3.8) is 0 Å². The Hall–Kier alpha value is -1.52. The van der Waals surface area contributed by atoms with Gasteiger partial charge in [-0.05, 0) is 18.3 Å². The van der Waals surface area contributed by atoms with E-state index < -0.39 is 23.2 Å². The summed E-state index contributed by atoms with van der Waals surface area (Å²) in [7, 11) is 1.27. The third-order valence-corrected chi connectivity index (χ3v) is 4.12. The molecule has 0 amide bonds. The molecule has 2 atom stereocenters. The maximum absolute atomic E-state index is 12.8. The van der Waals surface area contributed by atoms with Gasteiger partial charge in [0.1, 0.15) is 17.6 Å². The zero-order chi connectivity index (χ0) is 16.9. The molecule has 1 fully saturated rings. The van der Waals surface area contributed by atoms with E-state index in [0.29, 0.717) is 18.7 Å². The minimum atomic E-state index is -0.899. The Morgan fingerprint density at radius 3 is 2.41 bits per heavy atom. The smallest absolute Gasteiger partial charge is 0.316 e. The minimum Gasteiger partial charge on any atom is -0.468 e. The largest absolute Gasteiger partial charge is 0.468 e. The minimum absolute atomic E-state index is 0.126. The molecular weight excluding hydrogens is 282 g/mol. The molecule has 0 bridgehead atoms. The van der Waals surface area contributed by atoms with Crippen molar-refractivity contribution in [1.82, 2.24) is 0 Å². The maximum Gasteiger partial charge on any atom is 0.316 e. The Morgan fingerprint density at radius 1 is 1.27 bits per heavy atom. The number of Topliss-reactive ketones (excluding diaryl/α,β-unsaturated/α-hetero) is 2. The number of ketones is 2. The van der Waals surface area contributed by atoms with Gasteiger partial charge < -0.3 is 4.74 Å². The molecule has 0 N–H and O–H groups in total. The first-order valence-electron chi connectivity index (χ1n) is 7.97. The molecule has 0 aromatic heterocycles. The van der Waals surface area contributed by atoms with Gasteiger partial charge in [0.05, 0.1) is 7.11 Å². The molecule has 0 radical (unpaired) electrons. The van der Waals surface area contributed by atoms with Crippen LogP contribution in [0.2, 0.25) is 0 Å². The highest BCUT2D eigenvalue weighted by atomic mass is 16.5. The highest BCUT2D eigenvalue weighted by Gasteiger charge is 2.52. The van der Waals surface area contributed by atoms with Crippen molar-refractivity contribution in [3.8, 4) is 0 Å². The quantitative estimate of drug-likeness (QED) is 0.429. The summed E-state index contributed by atoms with van der Waals surface area (Å²) in [5, 5.41) is 0. The number of esters is 1. The highest BCUT2D eigenvalue weighted by molar-refractivity contribution is 6.26. The molecule has 1 unspecified atom stereocenters. The lowest BCUT2D eigenvalue weighted by Gasteiger charge is -2.38. The van der Waals surface area contributed by atoms with Crippen LogP contribution in [0, 0.1) is 17.3 Å².